The summed E-state index contributed by atoms with van der Waals surface area (Å²) in [5.41, 5.74) is -0.189. The number of rotatable bonds is 3. The molecule has 0 atom stereocenters. The molecule has 1 aliphatic heterocycles. The molecule has 0 N–H and O–H groups in total. The van der Waals surface area contributed by atoms with Crippen LogP contribution in [0.5, 0.6) is 0 Å². The predicted molar refractivity (Wildman–Crippen MR) is 111 cm³/mol. The second-order valence-corrected chi connectivity index (χ2v) is 7.77. The number of anilines is 1. The van der Waals surface area contributed by atoms with E-state index in [2.05, 4.69) is 0 Å². The Morgan fingerprint density at radius 1 is 0.966 bits per heavy atom. The van der Waals surface area contributed by atoms with Crippen LogP contribution in [0.2, 0.25) is 0 Å². The van der Waals surface area contributed by atoms with Crippen LogP contribution in [0.25, 0.3) is 17.4 Å². The van der Waals surface area contributed by atoms with Gasteiger partial charge in [-0.05, 0) is 30.3 Å². The molecule has 3 aromatic rings. The molecule has 4 rings (SSSR count). The molecule has 3 nitrogen and oxygen atoms in total. The van der Waals surface area contributed by atoms with E-state index in [1.807, 2.05) is 6.07 Å². The Bertz CT molecular complexity index is 1120. The third-order valence-corrected chi connectivity index (χ3v) is 5.51. The van der Waals surface area contributed by atoms with Crippen molar-refractivity contribution in [1.29, 1.82) is 0 Å². The molecule has 0 saturated carbocycles. The minimum Gasteiger partial charge on any atom is -0.457 e. The van der Waals surface area contributed by atoms with E-state index in [4.69, 9.17) is 16.6 Å². The van der Waals surface area contributed by atoms with Crippen LogP contribution >= 0.6 is 24.0 Å². The molecule has 2 heterocycles. The van der Waals surface area contributed by atoms with Crippen LogP contribution in [0.1, 0.15) is 11.3 Å². The van der Waals surface area contributed by atoms with Crippen molar-refractivity contribution in [3.8, 4) is 11.3 Å². The minimum absolute atomic E-state index is 0.0588. The zero-order valence-electron chi connectivity index (χ0n) is 14.6. The summed E-state index contributed by atoms with van der Waals surface area (Å²) in [5, 5.41) is 0. The number of thioether (sulfide) groups is 1. The first-order chi connectivity index (χ1) is 13.8. The Morgan fingerprint density at radius 2 is 1.66 bits per heavy atom. The number of hydrogen-bond donors (Lipinski definition) is 0. The number of nitrogens with zero attached hydrogens (tertiary/aromatic N) is 1. The second-order valence-electron chi connectivity index (χ2n) is 6.10. The number of amides is 1. The predicted octanol–water partition coefficient (Wildman–Crippen LogP) is 6.37. The number of thiocarbonyl (C=S) groups is 1. The highest BCUT2D eigenvalue weighted by Crippen LogP contribution is 2.39. The third-order valence-electron chi connectivity index (χ3n) is 4.21. The molecule has 1 saturated heterocycles. The van der Waals surface area contributed by atoms with Gasteiger partial charge >= 0.3 is 6.18 Å². The fraction of sp³-hybridized carbons (Fsp3) is 0.0476. The zero-order chi connectivity index (χ0) is 20.6. The topological polar surface area (TPSA) is 33.5 Å². The zero-order valence-corrected chi connectivity index (χ0v) is 16.3. The largest absolute Gasteiger partial charge is 0.457 e. The molecule has 0 spiro atoms. The maximum Gasteiger partial charge on any atom is 0.417 e. The third kappa shape index (κ3) is 3.86. The molecule has 0 bridgehead atoms. The fourth-order valence-electron chi connectivity index (χ4n) is 2.92. The average Bonchev–Trinajstić information content (AvgIpc) is 3.26. The Labute approximate surface area is 173 Å². The van der Waals surface area contributed by atoms with Crippen molar-refractivity contribution in [2.75, 3.05) is 4.90 Å². The van der Waals surface area contributed by atoms with Crippen LogP contribution in [-0.2, 0) is 11.0 Å². The Hall–Kier alpha value is -2.84. The second kappa shape index (κ2) is 7.53. The number of para-hydroxylation sites is 1. The van der Waals surface area contributed by atoms with E-state index in [0.717, 1.165) is 17.8 Å². The van der Waals surface area contributed by atoms with Crippen LogP contribution in [0.4, 0.5) is 18.9 Å². The lowest BCUT2D eigenvalue weighted by Crippen LogP contribution is -2.27. The van der Waals surface area contributed by atoms with Crippen molar-refractivity contribution in [3.05, 3.63) is 83.0 Å². The van der Waals surface area contributed by atoms with Crippen LogP contribution < -0.4 is 4.90 Å². The van der Waals surface area contributed by atoms with Gasteiger partial charge < -0.3 is 4.42 Å². The number of carbonyl (C=O) groups is 1. The summed E-state index contributed by atoms with van der Waals surface area (Å²) in [5.74, 6) is 0.0353. The first-order valence-electron chi connectivity index (χ1n) is 8.44. The molecule has 0 unspecified atom stereocenters. The van der Waals surface area contributed by atoms with Gasteiger partial charge in [-0.1, -0.05) is 60.4 Å². The summed E-state index contributed by atoms with van der Waals surface area (Å²) in [7, 11) is 0. The lowest BCUT2D eigenvalue weighted by molar-refractivity contribution is -0.137. The van der Waals surface area contributed by atoms with Crippen molar-refractivity contribution in [3.63, 3.8) is 0 Å². The molecule has 2 aromatic carbocycles. The molecule has 0 aliphatic carbocycles. The van der Waals surface area contributed by atoms with Gasteiger partial charge in [0.05, 0.1) is 16.2 Å². The van der Waals surface area contributed by atoms with Gasteiger partial charge in [-0.15, -0.1) is 0 Å². The summed E-state index contributed by atoms with van der Waals surface area (Å²) in [6.45, 7) is 0. The molecule has 1 aliphatic rings. The van der Waals surface area contributed by atoms with E-state index in [-0.39, 0.29) is 23.0 Å². The van der Waals surface area contributed by atoms with Crippen molar-refractivity contribution in [2.45, 2.75) is 6.18 Å². The van der Waals surface area contributed by atoms with Gasteiger partial charge in [0, 0.05) is 11.6 Å². The minimum atomic E-state index is -4.50. The standard InChI is InChI=1S/C21H12F3NO2S2/c22-21(23,24)16-9-5-4-8-15(16)17-11-10-14(27-17)12-18-19(26)25(20(28)29-18)13-6-2-1-3-7-13/h1-12H/b18-12+. The molecule has 0 radical (unpaired) electrons. The van der Waals surface area contributed by atoms with E-state index in [1.165, 1.54) is 41.3 Å². The van der Waals surface area contributed by atoms with Gasteiger partial charge in [-0.25, -0.2) is 0 Å². The quantitative estimate of drug-likeness (QED) is 0.356. The fourth-order valence-corrected chi connectivity index (χ4v) is 4.20. The lowest BCUT2D eigenvalue weighted by Gasteiger charge is -2.13. The van der Waals surface area contributed by atoms with Gasteiger partial charge in [0.2, 0.25) is 0 Å². The van der Waals surface area contributed by atoms with E-state index in [9.17, 15) is 18.0 Å². The van der Waals surface area contributed by atoms with E-state index in [1.54, 1.807) is 24.3 Å². The van der Waals surface area contributed by atoms with Crippen molar-refractivity contribution >= 4 is 46.0 Å². The maximum atomic E-state index is 13.2. The van der Waals surface area contributed by atoms with E-state index >= 15 is 0 Å². The first kappa shape index (κ1) is 19.5. The summed E-state index contributed by atoms with van der Waals surface area (Å²) in [4.78, 5) is 14.5. The smallest absolute Gasteiger partial charge is 0.417 e. The number of halogens is 3. The number of benzene rings is 2. The molecule has 1 fully saturated rings. The van der Waals surface area contributed by atoms with Crippen LogP contribution in [0.15, 0.2) is 76.1 Å². The molecule has 29 heavy (non-hydrogen) atoms. The van der Waals surface area contributed by atoms with Crippen molar-refractivity contribution < 1.29 is 22.4 Å². The number of hydrogen-bond acceptors (Lipinski definition) is 4. The summed E-state index contributed by atoms with van der Waals surface area (Å²) >= 11 is 6.42. The highest BCUT2D eigenvalue weighted by atomic mass is 32.2. The van der Waals surface area contributed by atoms with Crippen LogP contribution in [0, 0.1) is 0 Å². The molecule has 1 aromatic heterocycles. The maximum absolute atomic E-state index is 13.2. The van der Waals surface area contributed by atoms with Crippen LogP contribution in [-0.4, -0.2) is 10.2 Å². The normalized spacial score (nSPS) is 16.1. The molecule has 146 valence electrons. The van der Waals surface area contributed by atoms with Gasteiger partial charge in [-0.2, -0.15) is 13.2 Å². The van der Waals surface area contributed by atoms with Crippen LogP contribution in [0.3, 0.4) is 0 Å². The number of furan rings is 1. The summed E-state index contributed by atoms with van der Waals surface area (Å²) < 4.78 is 45.7. The molecular weight excluding hydrogens is 419 g/mol. The van der Waals surface area contributed by atoms with Crippen molar-refractivity contribution in [1.82, 2.24) is 0 Å². The van der Waals surface area contributed by atoms with Gasteiger partial charge in [0.25, 0.3) is 5.91 Å². The molecular formula is C21H12F3NO2S2. The Morgan fingerprint density at radius 3 is 2.38 bits per heavy atom. The summed E-state index contributed by atoms with van der Waals surface area (Å²) in [6, 6.07) is 17.1. The van der Waals surface area contributed by atoms with E-state index < -0.39 is 11.7 Å². The summed E-state index contributed by atoms with van der Waals surface area (Å²) in [6.07, 6.45) is -3.01. The highest BCUT2D eigenvalue weighted by Gasteiger charge is 2.35. The van der Waals surface area contributed by atoms with Gasteiger partial charge in [-0.3, -0.25) is 9.69 Å². The van der Waals surface area contributed by atoms with E-state index in [0.29, 0.717) is 14.9 Å². The van der Waals surface area contributed by atoms with Gasteiger partial charge in [0.15, 0.2) is 4.32 Å². The Kier molecular flexibility index (Phi) is 5.06. The lowest BCUT2D eigenvalue weighted by atomic mass is 10.1. The monoisotopic (exact) mass is 431 g/mol. The number of carbonyl (C=O) groups excluding carboxylic acids is 1. The van der Waals surface area contributed by atoms with Gasteiger partial charge in [0.1, 0.15) is 11.5 Å². The highest BCUT2D eigenvalue weighted by molar-refractivity contribution is 8.27. The SMILES string of the molecule is O=C1/C(=C\c2ccc(-c3ccccc3C(F)(F)F)o2)SC(=S)N1c1ccccc1. The number of alkyl halides is 3. The Balaban J connectivity index is 1.64. The first-order valence-corrected chi connectivity index (χ1v) is 9.66. The molecule has 8 heteroatoms. The average molecular weight is 431 g/mol. The van der Waals surface area contributed by atoms with Crippen molar-refractivity contribution in [2.24, 2.45) is 0 Å². The molecule has 1 amide bonds.